The molecule has 3 aromatic rings. The molecular formula is C19H13NO3S. The van der Waals surface area contributed by atoms with Gasteiger partial charge in [-0.1, -0.05) is 41.7 Å². The Morgan fingerprint density at radius 2 is 1.92 bits per heavy atom. The molecule has 1 aliphatic heterocycles. The third kappa shape index (κ3) is 2.39. The van der Waals surface area contributed by atoms with Gasteiger partial charge in [-0.3, -0.25) is 0 Å². The van der Waals surface area contributed by atoms with Crippen LogP contribution in [-0.2, 0) is 11.8 Å². The lowest BCUT2D eigenvalue weighted by molar-refractivity contribution is -0.642. The number of benzene rings is 2. The first-order valence-corrected chi connectivity index (χ1v) is 8.25. The Morgan fingerprint density at radius 1 is 1.17 bits per heavy atom. The minimum Gasteiger partial charge on any atom is -0.542 e. The van der Waals surface area contributed by atoms with Crippen LogP contribution < -0.4 is 14.4 Å². The fourth-order valence-corrected chi connectivity index (χ4v) is 3.86. The van der Waals surface area contributed by atoms with Crippen LogP contribution in [0.4, 0.5) is 0 Å². The van der Waals surface area contributed by atoms with Crippen molar-refractivity contribution in [2.24, 2.45) is 7.05 Å². The number of hydrogen-bond donors (Lipinski definition) is 0. The van der Waals surface area contributed by atoms with Gasteiger partial charge in [0.1, 0.15) is 23.5 Å². The van der Waals surface area contributed by atoms with E-state index >= 15 is 0 Å². The van der Waals surface area contributed by atoms with Gasteiger partial charge in [0.15, 0.2) is 5.76 Å². The summed E-state index contributed by atoms with van der Waals surface area (Å²) in [5, 5.41) is 12.3. The summed E-state index contributed by atoms with van der Waals surface area (Å²) in [5.74, 6) is -0.978. The number of thiazole rings is 1. The van der Waals surface area contributed by atoms with Gasteiger partial charge in [-0.25, -0.2) is 0 Å². The van der Waals surface area contributed by atoms with E-state index in [0.29, 0.717) is 5.75 Å². The van der Waals surface area contributed by atoms with E-state index in [4.69, 9.17) is 4.74 Å². The molecular weight excluding hydrogens is 322 g/mol. The van der Waals surface area contributed by atoms with Gasteiger partial charge in [0.25, 0.3) is 5.01 Å². The quantitative estimate of drug-likeness (QED) is 0.675. The van der Waals surface area contributed by atoms with Crippen LogP contribution in [0.3, 0.4) is 0 Å². The summed E-state index contributed by atoms with van der Waals surface area (Å²) < 4.78 is 8.68. The molecule has 1 aromatic heterocycles. The number of carbonyl (C=O) groups is 1. The van der Waals surface area contributed by atoms with Crippen LogP contribution in [0.2, 0.25) is 0 Å². The molecule has 0 amide bonds. The number of fused-ring (bicyclic) bond motifs is 2. The molecule has 0 saturated heterocycles. The third-order valence-electron chi connectivity index (χ3n) is 3.96. The minimum absolute atomic E-state index is 0.177. The predicted octanol–water partition coefficient (Wildman–Crippen LogP) is 2.29. The second kappa shape index (κ2) is 5.62. The van der Waals surface area contributed by atoms with E-state index in [9.17, 15) is 9.90 Å². The topological polar surface area (TPSA) is 53.2 Å². The Morgan fingerprint density at radius 3 is 2.71 bits per heavy atom. The Balaban J connectivity index is 1.91. The number of carboxylic acid groups (broad SMARTS) is 1. The maximum atomic E-state index is 11.2. The Bertz CT molecular complexity index is 1030. The molecule has 2 heterocycles. The standard InChI is InChI=1S/C19H13NO3S/c1-20-14-7-3-5-9-17(14)24-18(20)11-12-10-16(19(21)22)23-15-8-4-2-6-13(12)15/h2-11H,1H3. The maximum absolute atomic E-state index is 11.2. The van der Waals surface area contributed by atoms with Crippen molar-refractivity contribution in [3.8, 4) is 5.75 Å². The molecule has 2 aromatic carbocycles. The van der Waals surface area contributed by atoms with Crippen molar-refractivity contribution in [1.29, 1.82) is 0 Å². The molecule has 118 valence electrons. The van der Waals surface area contributed by atoms with Crippen molar-refractivity contribution in [2.45, 2.75) is 0 Å². The van der Waals surface area contributed by atoms with Crippen LogP contribution in [0, 0.1) is 0 Å². The van der Waals surface area contributed by atoms with Gasteiger partial charge in [-0.15, -0.1) is 0 Å². The third-order valence-corrected chi connectivity index (χ3v) is 5.12. The van der Waals surface area contributed by atoms with E-state index in [0.717, 1.165) is 21.7 Å². The molecule has 0 N–H and O–H groups in total. The highest BCUT2D eigenvalue weighted by Crippen LogP contribution is 2.35. The van der Waals surface area contributed by atoms with Gasteiger partial charge in [0.05, 0.1) is 0 Å². The smallest absolute Gasteiger partial charge is 0.263 e. The fourth-order valence-electron chi connectivity index (χ4n) is 2.76. The average molecular weight is 335 g/mol. The number of nitrogens with zero attached hydrogens (tertiary/aromatic N) is 1. The average Bonchev–Trinajstić information content (AvgIpc) is 2.91. The molecule has 0 fully saturated rings. The summed E-state index contributed by atoms with van der Waals surface area (Å²) in [5.41, 5.74) is 2.79. The number of ether oxygens (including phenoxy) is 1. The van der Waals surface area contributed by atoms with E-state index < -0.39 is 5.97 Å². The van der Waals surface area contributed by atoms with Crippen molar-refractivity contribution in [2.75, 3.05) is 0 Å². The highest BCUT2D eigenvalue weighted by Gasteiger charge is 2.20. The summed E-state index contributed by atoms with van der Waals surface area (Å²) in [6.45, 7) is 0. The van der Waals surface area contributed by atoms with Crippen molar-refractivity contribution in [1.82, 2.24) is 0 Å². The van der Waals surface area contributed by atoms with Crippen LogP contribution in [-0.4, -0.2) is 5.97 Å². The zero-order chi connectivity index (χ0) is 16.7. The van der Waals surface area contributed by atoms with Crippen LogP contribution in [0.15, 0.2) is 60.4 Å². The first kappa shape index (κ1) is 14.7. The molecule has 4 nitrogen and oxygen atoms in total. The lowest BCUT2D eigenvalue weighted by atomic mass is 10.0. The molecule has 0 spiro atoms. The van der Waals surface area contributed by atoms with Crippen LogP contribution in [0.25, 0.3) is 21.9 Å². The highest BCUT2D eigenvalue weighted by molar-refractivity contribution is 7.18. The first-order chi connectivity index (χ1) is 11.6. The number of aryl methyl sites for hydroxylation is 1. The second-order valence-corrected chi connectivity index (χ2v) is 6.52. The zero-order valence-corrected chi connectivity index (χ0v) is 13.7. The Kier molecular flexibility index (Phi) is 3.43. The highest BCUT2D eigenvalue weighted by atomic mass is 32.1. The van der Waals surface area contributed by atoms with E-state index in [2.05, 4.69) is 16.7 Å². The van der Waals surface area contributed by atoms with E-state index in [1.165, 1.54) is 10.8 Å². The number of aliphatic carboxylic acids is 1. The van der Waals surface area contributed by atoms with E-state index in [1.54, 1.807) is 17.4 Å². The molecule has 0 bridgehead atoms. The lowest BCUT2D eigenvalue weighted by Gasteiger charge is -2.20. The second-order valence-electron chi connectivity index (χ2n) is 5.46. The van der Waals surface area contributed by atoms with Crippen molar-refractivity contribution >= 4 is 39.2 Å². The fraction of sp³-hybridized carbons (Fsp3) is 0.0526. The molecule has 0 atom stereocenters. The zero-order valence-electron chi connectivity index (χ0n) is 12.9. The summed E-state index contributed by atoms with van der Waals surface area (Å²) in [7, 11) is 2.00. The van der Waals surface area contributed by atoms with E-state index in [1.807, 2.05) is 43.5 Å². The molecule has 0 saturated carbocycles. The van der Waals surface area contributed by atoms with Gasteiger partial charge in [0, 0.05) is 17.7 Å². The molecule has 0 unspecified atom stereocenters. The minimum atomic E-state index is -1.32. The number of carbonyl (C=O) groups excluding carboxylic acids is 1. The first-order valence-electron chi connectivity index (χ1n) is 7.43. The SMILES string of the molecule is C[n+]1c(C=C2C=C(C(=O)[O-])Oc3ccccc32)sc2ccccc21. The van der Waals surface area contributed by atoms with Crippen LogP contribution in [0.5, 0.6) is 5.75 Å². The van der Waals surface area contributed by atoms with Crippen LogP contribution >= 0.6 is 11.3 Å². The molecule has 0 radical (unpaired) electrons. The van der Waals surface area contributed by atoms with Gasteiger partial charge in [-0.2, -0.15) is 4.57 Å². The molecule has 4 rings (SSSR count). The van der Waals surface area contributed by atoms with Gasteiger partial charge >= 0.3 is 0 Å². The molecule has 5 heteroatoms. The van der Waals surface area contributed by atoms with E-state index in [-0.39, 0.29) is 5.76 Å². The van der Waals surface area contributed by atoms with Crippen LogP contribution in [0.1, 0.15) is 10.6 Å². The number of carboxylic acids is 1. The monoisotopic (exact) mass is 335 g/mol. The van der Waals surface area contributed by atoms with Crippen molar-refractivity contribution in [3.05, 3.63) is 70.9 Å². The summed E-state index contributed by atoms with van der Waals surface area (Å²) in [6.07, 6.45) is 3.50. The van der Waals surface area contributed by atoms with Gasteiger partial charge in [0.2, 0.25) is 5.52 Å². The summed E-state index contributed by atoms with van der Waals surface area (Å²) in [4.78, 5) is 11.2. The molecule has 24 heavy (non-hydrogen) atoms. The lowest BCUT2D eigenvalue weighted by Crippen LogP contribution is -2.29. The summed E-state index contributed by atoms with van der Waals surface area (Å²) >= 11 is 1.66. The number of aromatic nitrogens is 1. The van der Waals surface area contributed by atoms with Gasteiger partial charge < -0.3 is 14.6 Å². The maximum Gasteiger partial charge on any atom is 0.263 e. The number of allylic oxidation sites excluding steroid dienone is 2. The Hall–Kier alpha value is -2.92. The van der Waals surface area contributed by atoms with Crippen molar-refractivity contribution in [3.63, 3.8) is 0 Å². The van der Waals surface area contributed by atoms with Crippen molar-refractivity contribution < 1.29 is 19.2 Å². The molecule has 1 aliphatic rings. The molecule has 0 aliphatic carbocycles. The largest absolute Gasteiger partial charge is 0.542 e. The normalized spacial score (nSPS) is 15.0. The van der Waals surface area contributed by atoms with Gasteiger partial charge in [-0.05, 0) is 23.8 Å². The predicted molar refractivity (Wildman–Crippen MR) is 91.0 cm³/mol. The Labute approximate surface area is 142 Å². The summed E-state index contributed by atoms with van der Waals surface area (Å²) in [6, 6.07) is 15.5. The number of para-hydroxylation sites is 2. The number of hydrogen-bond acceptors (Lipinski definition) is 4. The number of rotatable bonds is 2.